The van der Waals surface area contributed by atoms with E-state index in [9.17, 15) is 0 Å². The summed E-state index contributed by atoms with van der Waals surface area (Å²) in [6.07, 6.45) is 4.95. The van der Waals surface area contributed by atoms with Gasteiger partial charge >= 0.3 is 0 Å². The summed E-state index contributed by atoms with van der Waals surface area (Å²) in [5, 5.41) is 8.20. The molecular weight excluding hydrogens is 250 g/mol. The molecule has 0 spiro atoms. The molecule has 0 bridgehead atoms. The fourth-order valence-electron chi connectivity index (χ4n) is 3.18. The number of nitrogens with zero attached hydrogens (tertiary/aromatic N) is 3. The summed E-state index contributed by atoms with van der Waals surface area (Å²) in [6, 6.07) is 8.54. The Morgan fingerprint density at radius 2 is 2.25 bits per heavy atom. The van der Waals surface area contributed by atoms with Gasteiger partial charge in [0.15, 0.2) is 0 Å². The second-order valence-electron chi connectivity index (χ2n) is 5.44. The molecule has 1 aliphatic rings. The summed E-state index contributed by atoms with van der Waals surface area (Å²) in [7, 11) is 0. The summed E-state index contributed by atoms with van der Waals surface area (Å²) < 4.78 is 0. The number of para-hydroxylation sites is 1. The third-order valence-corrected chi connectivity index (χ3v) is 4.17. The van der Waals surface area contributed by atoms with Crippen LogP contribution in [0.5, 0.6) is 0 Å². The third kappa shape index (κ3) is 2.00. The van der Waals surface area contributed by atoms with Crippen molar-refractivity contribution in [3.8, 4) is 0 Å². The fraction of sp³-hybridized carbons (Fsp3) is 0.333. The molecular formula is C15H17N5. The normalized spacial score (nSPS) is 19.9. The number of nitrogens with one attached hydrogen (secondary N) is 2. The highest BCUT2D eigenvalue weighted by Gasteiger charge is 2.26. The van der Waals surface area contributed by atoms with E-state index in [2.05, 4.69) is 55.5 Å². The molecule has 0 radical (unpaired) electrons. The molecule has 3 aromatic rings. The third-order valence-electron chi connectivity index (χ3n) is 4.17. The van der Waals surface area contributed by atoms with Crippen molar-refractivity contribution in [1.82, 2.24) is 25.1 Å². The SMILES string of the molecule is c1ccc2c([C@H]3CCN(Cc4ncn[nH]4)C3)c[nH]c2c1. The van der Waals surface area contributed by atoms with Gasteiger partial charge in [-0.1, -0.05) is 18.2 Å². The Morgan fingerprint density at radius 3 is 3.15 bits per heavy atom. The average molecular weight is 267 g/mol. The molecule has 2 aromatic heterocycles. The topological polar surface area (TPSA) is 60.6 Å². The fourth-order valence-corrected chi connectivity index (χ4v) is 3.18. The van der Waals surface area contributed by atoms with Gasteiger partial charge in [-0.3, -0.25) is 10.00 Å². The zero-order chi connectivity index (χ0) is 13.4. The van der Waals surface area contributed by atoms with Gasteiger partial charge < -0.3 is 4.98 Å². The molecule has 1 atom stereocenters. The van der Waals surface area contributed by atoms with Crippen LogP contribution in [0.25, 0.3) is 10.9 Å². The van der Waals surface area contributed by atoms with Gasteiger partial charge in [0.25, 0.3) is 0 Å². The highest BCUT2D eigenvalue weighted by Crippen LogP contribution is 2.32. The van der Waals surface area contributed by atoms with Crippen molar-refractivity contribution >= 4 is 10.9 Å². The predicted molar refractivity (Wildman–Crippen MR) is 77.3 cm³/mol. The van der Waals surface area contributed by atoms with Crippen LogP contribution >= 0.6 is 0 Å². The van der Waals surface area contributed by atoms with Crippen LogP contribution in [0.15, 0.2) is 36.8 Å². The molecule has 1 aromatic carbocycles. The van der Waals surface area contributed by atoms with Gasteiger partial charge in [0, 0.05) is 23.6 Å². The van der Waals surface area contributed by atoms with E-state index in [-0.39, 0.29) is 0 Å². The Hall–Kier alpha value is -2.14. The van der Waals surface area contributed by atoms with Crippen molar-refractivity contribution in [2.24, 2.45) is 0 Å². The summed E-state index contributed by atoms with van der Waals surface area (Å²) in [5.41, 5.74) is 2.68. The summed E-state index contributed by atoms with van der Waals surface area (Å²) >= 11 is 0. The summed E-state index contributed by atoms with van der Waals surface area (Å²) in [6.45, 7) is 3.06. The van der Waals surface area contributed by atoms with Crippen LogP contribution in [-0.2, 0) is 6.54 Å². The Balaban J connectivity index is 1.53. The molecule has 1 aliphatic heterocycles. The van der Waals surface area contributed by atoms with Crippen molar-refractivity contribution in [3.05, 3.63) is 48.2 Å². The molecule has 3 heterocycles. The first-order valence-corrected chi connectivity index (χ1v) is 7.03. The first kappa shape index (κ1) is 11.7. The van der Waals surface area contributed by atoms with Crippen LogP contribution in [0.1, 0.15) is 23.7 Å². The Labute approximate surface area is 117 Å². The maximum absolute atomic E-state index is 4.20. The summed E-state index contributed by atoms with van der Waals surface area (Å²) in [5.74, 6) is 1.55. The minimum absolute atomic E-state index is 0.606. The lowest BCUT2D eigenvalue weighted by atomic mass is 9.98. The maximum Gasteiger partial charge on any atom is 0.138 e. The zero-order valence-corrected chi connectivity index (χ0v) is 11.2. The van der Waals surface area contributed by atoms with Gasteiger partial charge in [0.1, 0.15) is 12.2 Å². The number of fused-ring (bicyclic) bond motifs is 1. The number of aromatic amines is 2. The van der Waals surface area contributed by atoms with Gasteiger partial charge in [0.2, 0.25) is 0 Å². The molecule has 4 rings (SSSR count). The summed E-state index contributed by atoms with van der Waals surface area (Å²) in [4.78, 5) is 10.0. The van der Waals surface area contributed by atoms with E-state index in [1.54, 1.807) is 6.33 Å². The number of benzene rings is 1. The number of hydrogen-bond donors (Lipinski definition) is 2. The van der Waals surface area contributed by atoms with E-state index in [0.717, 1.165) is 25.5 Å². The first-order valence-electron chi connectivity index (χ1n) is 7.03. The van der Waals surface area contributed by atoms with Crippen LogP contribution in [0.3, 0.4) is 0 Å². The second kappa shape index (κ2) is 4.76. The molecule has 0 amide bonds. The van der Waals surface area contributed by atoms with Crippen LogP contribution in [0, 0.1) is 0 Å². The van der Waals surface area contributed by atoms with Crippen molar-refractivity contribution in [2.45, 2.75) is 18.9 Å². The molecule has 0 saturated carbocycles. The quantitative estimate of drug-likeness (QED) is 0.765. The van der Waals surface area contributed by atoms with Crippen LogP contribution < -0.4 is 0 Å². The van der Waals surface area contributed by atoms with Crippen molar-refractivity contribution < 1.29 is 0 Å². The van der Waals surface area contributed by atoms with Crippen molar-refractivity contribution in [2.75, 3.05) is 13.1 Å². The highest BCUT2D eigenvalue weighted by atomic mass is 15.2. The van der Waals surface area contributed by atoms with E-state index in [1.807, 2.05) is 0 Å². The minimum Gasteiger partial charge on any atom is -0.361 e. The predicted octanol–water partition coefficient (Wildman–Crippen LogP) is 2.28. The van der Waals surface area contributed by atoms with Gasteiger partial charge in [-0.05, 0) is 30.5 Å². The molecule has 5 heteroatoms. The van der Waals surface area contributed by atoms with Gasteiger partial charge in [-0.15, -0.1) is 0 Å². The second-order valence-corrected chi connectivity index (χ2v) is 5.44. The molecule has 1 saturated heterocycles. The van der Waals surface area contributed by atoms with Gasteiger partial charge in [0.05, 0.1) is 6.54 Å². The smallest absolute Gasteiger partial charge is 0.138 e. The Morgan fingerprint density at radius 1 is 1.30 bits per heavy atom. The maximum atomic E-state index is 4.20. The first-order chi connectivity index (χ1) is 9.90. The molecule has 5 nitrogen and oxygen atoms in total. The number of rotatable bonds is 3. The lowest BCUT2D eigenvalue weighted by molar-refractivity contribution is 0.318. The lowest BCUT2D eigenvalue weighted by Crippen LogP contribution is -2.20. The number of hydrogen-bond acceptors (Lipinski definition) is 3. The minimum atomic E-state index is 0.606. The zero-order valence-electron chi connectivity index (χ0n) is 11.2. The monoisotopic (exact) mass is 267 g/mol. The van der Waals surface area contributed by atoms with E-state index >= 15 is 0 Å². The molecule has 102 valence electrons. The van der Waals surface area contributed by atoms with Gasteiger partial charge in [-0.2, -0.15) is 5.10 Å². The van der Waals surface area contributed by atoms with Crippen molar-refractivity contribution in [1.29, 1.82) is 0 Å². The molecule has 2 N–H and O–H groups in total. The number of H-pyrrole nitrogens is 2. The van der Waals surface area contributed by atoms with Crippen LogP contribution in [-0.4, -0.2) is 38.2 Å². The number of likely N-dealkylation sites (tertiary alicyclic amines) is 1. The Kier molecular flexibility index (Phi) is 2.77. The van der Waals surface area contributed by atoms with Gasteiger partial charge in [-0.25, -0.2) is 4.98 Å². The molecule has 0 aliphatic carbocycles. The molecule has 1 fully saturated rings. The van der Waals surface area contributed by atoms with Crippen molar-refractivity contribution in [3.63, 3.8) is 0 Å². The van der Waals surface area contributed by atoms with Crippen LogP contribution in [0.4, 0.5) is 0 Å². The largest absolute Gasteiger partial charge is 0.361 e. The van der Waals surface area contributed by atoms with E-state index in [4.69, 9.17) is 0 Å². The van der Waals surface area contributed by atoms with Crippen LogP contribution in [0.2, 0.25) is 0 Å². The lowest BCUT2D eigenvalue weighted by Gasteiger charge is -2.14. The molecule has 20 heavy (non-hydrogen) atoms. The van der Waals surface area contributed by atoms with E-state index in [0.29, 0.717) is 5.92 Å². The molecule has 0 unspecified atom stereocenters. The van der Waals surface area contributed by atoms with E-state index in [1.165, 1.54) is 22.9 Å². The highest BCUT2D eigenvalue weighted by molar-refractivity contribution is 5.83. The standard InChI is InChI=1S/C15H17N5/c1-2-4-14-12(3-1)13(7-16-14)11-5-6-20(8-11)9-15-17-10-18-19-15/h1-4,7,10-11,16H,5-6,8-9H2,(H,17,18,19)/t11-/m0/s1. The Bertz CT molecular complexity index is 700. The van der Waals surface area contributed by atoms with E-state index < -0.39 is 0 Å². The number of aromatic nitrogens is 4. The average Bonchev–Trinajstić information content (AvgIpc) is 3.18.